The van der Waals surface area contributed by atoms with Gasteiger partial charge < -0.3 is 4.90 Å². The van der Waals surface area contributed by atoms with Crippen LogP contribution in [0.25, 0.3) is 0 Å². The first-order valence-electron chi connectivity index (χ1n) is 6.13. The predicted molar refractivity (Wildman–Crippen MR) is 60.4 cm³/mol. The average molecular weight is 207 g/mol. The molecule has 1 saturated heterocycles. The summed E-state index contributed by atoms with van der Waals surface area (Å²) in [6.45, 7) is 4.38. The number of nitriles is 1. The van der Waals surface area contributed by atoms with Crippen molar-refractivity contribution in [3.05, 3.63) is 0 Å². The van der Waals surface area contributed by atoms with E-state index in [1.54, 1.807) is 0 Å². The maximum absolute atomic E-state index is 9.30. The normalized spacial score (nSPS) is 27.7. The summed E-state index contributed by atoms with van der Waals surface area (Å²) in [7, 11) is 2.16. The maximum atomic E-state index is 9.30. The summed E-state index contributed by atoms with van der Waals surface area (Å²) in [6, 6.07) is 2.73. The SMILES string of the molecule is CN1CCN(C(C#N)C2CCCC2)CC1. The molecule has 1 unspecified atom stereocenters. The topological polar surface area (TPSA) is 30.3 Å². The highest BCUT2D eigenvalue weighted by molar-refractivity contribution is 4.99. The fourth-order valence-electron chi connectivity index (χ4n) is 2.86. The van der Waals surface area contributed by atoms with Crippen LogP contribution in [-0.4, -0.2) is 49.1 Å². The van der Waals surface area contributed by atoms with Gasteiger partial charge in [0.1, 0.15) is 6.04 Å². The molecule has 1 saturated carbocycles. The van der Waals surface area contributed by atoms with Crippen molar-refractivity contribution in [2.75, 3.05) is 33.2 Å². The fraction of sp³-hybridized carbons (Fsp3) is 0.917. The van der Waals surface area contributed by atoms with E-state index >= 15 is 0 Å². The molecular formula is C12H21N3. The summed E-state index contributed by atoms with van der Waals surface area (Å²) >= 11 is 0. The third-order valence-electron chi connectivity index (χ3n) is 3.91. The molecule has 15 heavy (non-hydrogen) atoms. The smallest absolute Gasteiger partial charge is 0.101 e. The van der Waals surface area contributed by atoms with Gasteiger partial charge >= 0.3 is 0 Å². The van der Waals surface area contributed by atoms with E-state index in [0.717, 1.165) is 26.2 Å². The lowest BCUT2D eigenvalue weighted by Gasteiger charge is -2.37. The lowest BCUT2D eigenvalue weighted by molar-refractivity contribution is 0.107. The maximum Gasteiger partial charge on any atom is 0.101 e. The molecule has 0 spiro atoms. The fourth-order valence-corrected chi connectivity index (χ4v) is 2.86. The van der Waals surface area contributed by atoms with E-state index in [1.807, 2.05) is 0 Å². The first-order valence-corrected chi connectivity index (χ1v) is 6.13. The zero-order valence-electron chi connectivity index (χ0n) is 9.65. The third kappa shape index (κ3) is 2.50. The molecule has 0 bridgehead atoms. The Kier molecular flexibility index (Phi) is 3.61. The summed E-state index contributed by atoms with van der Waals surface area (Å²) in [5.41, 5.74) is 0. The van der Waals surface area contributed by atoms with Crippen molar-refractivity contribution in [3.8, 4) is 6.07 Å². The molecule has 3 nitrogen and oxygen atoms in total. The van der Waals surface area contributed by atoms with Crippen molar-refractivity contribution < 1.29 is 0 Å². The van der Waals surface area contributed by atoms with Crippen molar-refractivity contribution in [1.29, 1.82) is 5.26 Å². The van der Waals surface area contributed by atoms with Gasteiger partial charge in [0.2, 0.25) is 0 Å². The first-order chi connectivity index (χ1) is 7.31. The van der Waals surface area contributed by atoms with Gasteiger partial charge in [0.25, 0.3) is 0 Å². The Morgan fingerprint density at radius 2 is 1.73 bits per heavy atom. The molecule has 0 radical (unpaired) electrons. The van der Waals surface area contributed by atoms with Crippen molar-refractivity contribution in [2.24, 2.45) is 5.92 Å². The van der Waals surface area contributed by atoms with Gasteiger partial charge in [-0.15, -0.1) is 0 Å². The van der Waals surface area contributed by atoms with Crippen molar-refractivity contribution in [3.63, 3.8) is 0 Å². The van der Waals surface area contributed by atoms with Gasteiger partial charge in [0.15, 0.2) is 0 Å². The van der Waals surface area contributed by atoms with Crippen LogP contribution < -0.4 is 0 Å². The minimum atomic E-state index is 0.196. The summed E-state index contributed by atoms with van der Waals surface area (Å²) in [4.78, 5) is 4.75. The molecule has 1 heterocycles. The number of rotatable bonds is 2. The summed E-state index contributed by atoms with van der Waals surface area (Å²) < 4.78 is 0. The largest absolute Gasteiger partial charge is 0.304 e. The highest BCUT2D eigenvalue weighted by atomic mass is 15.3. The zero-order chi connectivity index (χ0) is 10.7. The van der Waals surface area contributed by atoms with Crippen LogP contribution in [0.15, 0.2) is 0 Å². The number of nitrogens with zero attached hydrogens (tertiary/aromatic N) is 3. The molecule has 0 aromatic heterocycles. The Balaban J connectivity index is 1.92. The van der Waals surface area contributed by atoms with E-state index < -0.39 is 0 Å². The zero-order valence-corrected chi connectivity index (χ0v) is 9.65. The monoisotopic (exact) mass is 207 g/mol. The molecule has 84 valence electrons. The van der Waals surface area contributed by atoms with Gasteiger partial charge in [-0.1, -0.05) is 12.8 Å². The van der Waals surface area contributed by atoms with Gasteiger partial charge in [-0.2, -0.15) is 5.26 Å². The molecule has 1 aliphatic heterocycles. The van der Waals surface area contributed by atoms with E-state index in [0.29, 0.717) is 5.92 Å². The average Bonchev–Trinajstić information content (AvgIpc) is 2.75. The number of hydrogen-bond donors (Lipinski definition) is 0. The molecular weight excluding hydrogens is 186 g/mol. The number of likely N-dealkylation sites (N-methyl/N-ethyl adjacent to an activating group) is 1. The molecule has 1 atom stereocenters. The Bertz CT molecular complexity index is 232. The van der Waals surface area contributed by atoms with Crippen LogP contribution in [0.3, 0.4) is 0 Å². The quantitative estimate of drug-likeness (QED) is 0.684. The van der Waals surface area contributed by atoms with Crippen LogP contribution in [-0.2, 0) is 0 Å². The van der Waals surface area contributed by atoms with Crippen LogP contribution in [0.2, 0.25) is 0 Å². The standard InChI is InChI=1S/C12H21N3/c1-14-6-8-15(9-7-14)12(10-13)11-4-2-3-5-11/h11-12H,2-9H2,1H3. The van der Waals surface area contributed by atoms with E-state index in [4.69, 9.17) is 0 Å². The molecule has 2 fully saturated rings. The Morgan fingerprint density at radius 3 is 2.27 bits per heavy atom. The van der Waals surface area contributed by atoms with Gasteiger partial charge in [0, 0.05) is 26.2 Å². The van der Waals surface area contributed by atoms with Gasteiger partial charge in [0.05, 0.1) is 6.07 Å². The van der Waals surface area contributed by atoms with Crippen molar-refractivity contribution in [1.82, 2.24) is 9.80 Å². The molecule has 0 aromatic carbocycles. The molecule has 3 heteroatoms. The summed E-state index contributed by atoms with van der Waals surface area (Å²) in [5.74, 6) is 0.651. The highest BCUT2D eigenvalue weighted by Crippen LogP contribution is 2.30. The second kappa shape index (κ2) is 4.96. The van der Waals surface area contributed by atoms with Crippen LogP contribution in [0.4, 0.5) is 0 Å². The Hall–Kier alpha value is -0.590. The molecule has 0 amide bonds. The number of hydrogen-bond acceptors (Lipinski definition) is 3. The van der Waals surface area contributed by atoms with Crippen LogP contribution in [0.5, 0.6) is 0 Å². The van der Waals surface area contributed by atoms with Crippen LogP contribution in [0, 0.1) is 17.2 Å². The number of piperazine rings is 1. The summed E-state index contributed by atoms with van der Waals surface area (Å²) in [6.07, 6.45) is 5.20. The van der Waals surface area contributed by atoms with Crippen LogP contribution in [0.1, 0.15) is 25.7 Å². The Labute approximate surface area is 92.7 Å². The Morgan fingerprint density at radius 1 is 1.13 bits per heavy atom. The minimum Gasteiger partial charge on any atom is -0.304 e. The molecule has 0 N–H and O–H groups in total. The molecule has 2 rings (SSSR count). The lowest BCUT2D eigenvalue weighted by atomic mass is 9.97. The van der Waals surface area contributed by atoms with E-state index in [9.17, 15) is 5.26 Å². The summed E-state index contributed by atoms with van der Waals surface area (Å²) in [5, 5.41) is 9.30. The van der Waals surface area contributed by atoms with Gasteiger partial charge in [-0.05, 0) is 25.8 Å². The molecule has 2 aliphatic rings. The van der Waals surface area contributed by atoms with Crippen molar-refractivity contribution in [2.45, 2.75) is 31.7 Å². The van der Waals surface area contributed by atoms with E-state index in [-0.39, 0.29) is 6.04 Å². The van der Waals surface area contributed by atoms with E-state index in [1.165, 1.54) is 25.7 Å². The van der Waals surface area contributed by atoms with Crippen LogP contribution >= 0.6 is 0 Å². The second-order valence-electron chi connectivity index (χ2n) is 4.96. The first kappa shape index (κ1) is 10.9. The molecule has 0 aromatic rings. The van der Waals surface area contributed by atoms with E-state index in [2.05, 4.69) is 22.9 Å². The minimum absolute atomic E-state index is 0.196. The lowest BCUT2D eigenvalue weighted by Crippen LogP contribution is -2.50. The highest BCUT2D eigenvalue weighted by Gasteiger charge is 2.31. The van der Waals surface area contributed by atoms with Crippen molar-refractivity contribution >= 4 is 0 Å². The van der Waals surface area contributed by atoms with Gasteiger partial charge in [-0.25, -0.2) is 0 Å². The van der Waals surface area contributed by atoms with Gasteiger partial charge in [-0.3, -0.25) is 4.90 Å². The predicted octanol–water partition coefficient (Wildman–Crippen LogP) is 1.32. The third-order valence-corrected chi connectivity index (χ3v) is 3.91. The second-order valence-corrected chi connectivity index (χ2v) is 4.96. The molecule has 1 aliphatic carbocycles.